The quantitative estimate of drug-likeness (QED) is 0.588. The Bertz CT molecular complexity index is 536. The van der Waals surface area contributed by atoms with E-state index in [-0.39, 0.29) is 12.2 Å². The van der Waals surface area contributed by atoms with E-state index in [0.717, 1.165) is 43.6 Å². The number of allylic oxidation sites excluding steroid dienone is 1. The molecule has 1 aromatic rings. The topological polar surface area (TPSA) is 71.0 Å². The lowest BCUT2D eigenvalue weighted by Gasteiger charge is -2.25. The van der Waals surface area contributed by atoms with Crippen LogP contribution < -0.4 is 4.90 Å². The van der Waals surface area contributed by atoms with Crippen molar-refractivity contribution in [1.82, 2.24) is 0 Å². The number of nitriles is 2. The zero-order chi connectivity index (χ0) is 15.5. The third-order valence-electron chi connectivity index (χ3n) is 3.29. The fourth-order valence-electron chi connectivity index (χ4n) is 2.18. The molecule has 1 rings (SSSR count). The molecule has 110 valence electrons. The molecule has 4 nitrogen and oxygen atoms in total. The molecule has 0 heterocycles. The molecule has 21 heavy (non-hydrogen) atoms. The Balaban J connectivity index is 2.92. The third-order valence-corrected chi connectivity index (χ3v) is 3.29. The van der Waals surface area contributed by atoms with Crippen LogP contribution in [0.3, 0.4) is 0 Å². The van der Waals surface area contributed by atoms with Gasteiger partial charge in [-0.25, -0.2) is 0 Å². The van der Waals surface area contributed by atoms with E-state index in [0.29, 0.717) is 0 Å². The summed E-state index contributed by atoms with van der Waals surface area (Å²) in [7, 11) is 0. The zero-order valence-corrected chi connectivity index (χ0v) is 12.4. The minimum atomic E-state index is 0.110. The van der Waals surface area contributed by atoms with E-state index in [2.05, 4.69) is 11.8 Å². The van der Waals surface area contributed by atoms with Crippen LogP contribution in [0.15, 0.2) is 29.8 Å². The minimum Gasteiger partial charge on any atom is -0.396 e. The van der Waals surface area contributed by atoms with Gasteiger partial charge in [-0.2, -0.15) is 10.5 Å². The molecule has 0 aliphatic carbocycles. The van der Waals surface area contributed by atoms with Crippen LogP contribution in [-0.2, 0) is 0 Å². The Kier molecular flexibility index (Phi) is 7.64. The summed E-state index contributed by atoms with van der Waals surface area (Å²) in [5, 5.41) is 26.6. The van der Waals surface area contributed by atoms with E-state index in [1.54, 1.807) is 6.08 Å². The summed E-state index contributed by atoms with van der Waals surface area (Å²) < 4.78 is 0. The number of unbranched alkanes of at least 4 members (excludes halogenated alkanes) is 2. The van der Waals surface area contributed by atoms with E-state index in [4.69, 9.17) is 15.6 Å². The summed E-state index contributed by atoms with van der Waals surface area (Å²) in [6.45, 7) is 4.08. The first-order valence-corrected chi connectivity index (χ1v) is 7.23. The number of aliphatic hydroxyl groups excluding tert-OH is 1. The van der Waals surface area contributed by atoms with Crippen LogP contribution in [0.25, 0.3) is 6.08 Å². The van der Waals surface area contributed by atoms with Gasteiger partial charge in [0, 0.05) is 25.4 Å². The molecule has 0 unspecified atom stereocenters. The van der Waals surface area contributed by atoms with Crippen LogP contribution in [0.4, 0.5) is 5.69 Å². The van der Waals surface area contributed by atoms with Crippen LogP contribution in [0.1, 0.15) is 31.7 Å². The molecule has 0 bridgehead atoms. The van der Waals surface area contributed by atoms with Gasteiger partial charge in [-0.05, 0) is 43.9 Å². The fourth-order valence-corrected chi connectivity index (χ4v) is 2.18. The molecule has 0 atom stereocenters. The molecular formula is C17H21N3O. The molecule has 0 aromatic heterocycles. The van der Waals surface area contributed by atoms with Crippen molar-refractivity contribution >= 4 is 11.8 Å². The van der Waals surface area contributed by atoms with E-state index in [1.807, 2.05) is 36.4 Å². The maximum atomic E-state index is 8.90. The Morgan fingerprint density at radius 2 is 1.90 bits per heavy atom. The summed E-state index contributed by atoms with van der Waals surface area (Å²) in [6, 6.07) is 11.6. The van der Waals surface area contributed by atoms with Gasteiger partial charge in [0.1, 0.15) is 17.7 Å². The Labute approximate surface area is 126 Å². The number of rotatable bonds is 8. The molecule has 0 aliphatic rings. The van der Waals surface area contributed by atoms with E-state index < -0.39 is 0 Å². The minimum absolute atomic E-state index is 0.110. The number of benzene rings is 1. The number of aliphatic hydroxyl groups is 1. The average molecular weight is 283 g/mol. The maximum absolute atomic E-state index is 8.90. The SMILES string of the molecule is CCN(CCCCCO)c1ccccc1C=C(C#N)C#N. The van der Waals surface area contributed by atoms with Crippen LogP contribution in [-0.4, -0.2) is 24.8 Å². The molecule has 0 saturated heterocycles. The summed E-state index contributed by atoms with van der Waals surface area (Å²) in [5.74, 6) is 0. The highest BCUT2D eigenvalue weighted by molar-refractivity contribution is 5.72. The predicted octanol–water partition coefficient (Wildman–Crippen LogP) is 3.11. The van der Waals surface area contributed by atoms with Gasteiger partial charge in [0.15, 0.2) is 0 Å². The third kappa shape index (κ3) is 5.30. The van der Waals surface area contributed by atoms with Crippen molar-refractivity contribution in [2.24, 2.45) is 0 Å². The molecule has 0 radical (unpaired) electrons. The summed E-state index contributed by atoms with van der Waals surface area (Å²) in [5.41, 5.74) is 2.03. The van der Waals surface area contributed by atoms with Gasteiger partial charge in [-0.3, -0.25) is 0 Å². The number of hydrogen-bond donors (Lipinski definition) is 1. The first-order chi connectivity index (χ1) is 10.3. The van der Waals surface area contributed by atoms with Crippen molar-refractivity contribution in [3.05, 3.63) is 35.4 Å². The second-order valence-electron chi connectivity index (χ2n) is 4.70. The van der Waals surface area contributed by atoms with Crippen LogP contribution in [0.5, 0.6) is 0 Å². The smallest absolute Gasteiger partial charge is 0.130 e. The first kappa shape index (κ1) is 16.8. The Morgan fingerprint density at radius 3 is 2.52 bits per heavy atom. The van der Waals surface area contributed by atoms with Gasteiger partial charge in [-0.15, -0.1) is 0 Å². The lowest BCUT2D eigenvalue weighted by Crippen LogP contribution is -2.24. The lowest BCUT2D eigenvalue weighted by molar-refractivity contribution is 0.283. The van der Waals surface area contributed by atoms with Gasteiger partial charge >= 0.3 is 0 Å². The monoisotopic (exact) mass is 283 g/mol. The molecule has 0 spiro atoms. The van der Waals surface area contributed by atoms with Crippen LogP contribution in [0, 0.1) is 22.7 Å². The second-order valence-corrected chi connectivity index (χ2v) is 4.70. The molecule has 0 amide bonds. The van der Waals surface area contributed by atoms with Crippen molar-refractivity contribution < 1.29 is 5.11 Å². The second kappa shape index (κ2) is 9.58. The zero-order valence-electron chi connectivity index (χ0n) is 12.4. The predicted molar refractivity (Wildman–Crippen MR) is 84.5 cm³/mol. The standard InChI is InChI=1S/C17H21N3O/c1-2-20(10-6-3-7-11-21)17-9-5-4-8-16(17)12-15(13-18)14-19/h4-5,8-9,12,21H,2-3,6-7,10-11H2,1H3. The number of hydrogen-bond acceptors (Lipinski definition) is 4. The van der Waals surface area contributed by atoms with E-state index in [9.17, 15) is 0 Å². The number of nitrogens with zero attached hydrogens (tertiary/aromatic N) is 3. The maximum Gasteiger partial charge on any atom is 0.130 e. The molecule has 1 N–H and O–H groups in total. The highest BCUT2D eigenvalue weighted by Crippen LogP contribution is 2.23. The van der Waals surface area contributed by atoms with Crippen molar-refractivity contribution in [1.29, 1.82) is 10.5 Å². The normalized spacial score (nSPS) is 9.52. The number of anilines is 1. The molecule has 0 saturated carbocycles. The first-order valence-electron chi connectivity index (χ1n) is 7.23. The number of para-hydroxylation sites is 1. The average Bonchev–Trinajstić information content (AvgIpc) is 2.53. The van der Waals surface area contributed by atoms with Gasteiger partial charge in [-0.1, -0.05) is 18.2 Å². The highest BCUT2D eigenvalue weighted by atomic mass is 16.2. The summed E-state index contributed by atoms with van der Waals surface area (Å²) >= 11 is 0. The highest BCUT2D eigenvalue weighted by Gasteiger charge is 2.08. The Morgan fingerprint density at radius 1 is 1.19 bits per heavy atom. The van der Waals surface area contributed by atoms with E-state index in [1.165, 1.54) is 0 Å². The molecular weight excluding hydrogens is 262 g/mol. The van der Waals surface area contributed by atoms with Crippen molar-refractivity contribution in [3.63, 3.8) is 0 Å². The Hall–Kier alpha value is -2.30. The molecule has 4 heteroatoms. The van der Waals surface area contributed by atoms with Gasteiger partial charge < -0.3 is 10.0 Å². The summed E-state index contributed by atoms with van der Waals surface area (Å²) in [4.78, 5) is 2.23. The summed E-state index contributed by atoms with van der Waals surface area (Å²) in [6.07, 6.45) is 4.46. The molecule has 0 aliphatic heterocycles. The van der Waals surface area contributed by atoms with Crippen molar-refractivity contribution in [2.45, 2.75) is 26.2 Å². The van der Waals surface area contributed by atoms with E-state index >= 15 is 0 Å². The van der Waals surface area contributed by atoms with Crippen molar-refractivity contribution in [2.75, 3.05) is 24.6 Å². The van der Waals surface area contributed by atoms with Crippen LogP contribution >= 0.6 is 0 Å². The van der Waals surface area contributed by atoms with Gasteiger partial charge in [0.2, 0.25) is 0 Å². The van der Waals surface area contributed by atoms with Crippen LogP contribution in [0.2, 0.25) is 0 Å². The largest absolute Gasteiger partial charge is 0.396 e. The van der Waals surface area contributed by atoms with Gasteiger partial charge in [0.25, 0.3) is 0 Å². The molecule has 0 fully saturated rings. The lowest BCUT2D eigenvalue weighted by atomic mass is 10.1. The fraction of sp³-hybridized carbons (Fsp3) is 0.412. The molecule has 1 aromatic carbocycles. The van der Waals surface area contributed by atoms with Gasteiger partial charge in [0.05, 0.1) is 0 Å². The van der Waals surface area contributed by atoms with Crippen molar-refractivity contribution in [3.8, 4) is 12.1 Å².